The summed E-state index contributed by atoms with van der Waals surface area (Å²) in [6, 6.07) is 7.99. The molecule has 2 N–H and O–H groups in total. The van der Waals surface area contributed by atoms with Gasteiger partial charge in [-0.15, -0.1) is 0 Å². The SMILES string of the molecule is CCOC(=O)C(O)(Cc1ccc2ccc3ccc(CC(O)(C(=O)OCC)C(F)(F)F)nc3c2n1)C(F)(F)F. The largest absolute Gasteiger partial charge is 0.464 e. The Morgan fingerprint density at radius 3 is 1.29 bits per heavy atom. The van der Waals surface area contributed by atoms with Crippen molar-refractivity contribution in [2.45, 2.75) is 50.2 Å². The highest BCUT2D eigenvalue weighted by atomic mass is 19.4. The van der Waals surface area contributed by atoms with Crippen molar-refractivity contribution in [1.29, 1.82) is 0 Å². The second-order valence-corrected chi connectivity index (χ2v) is 8.32. The van der Waals surface area contributed by atoms with Crippen molar-refractivity contribution in [2.24, 2.45) is 0 Å². The molecule has 14 heteroatoms. The lowest BCUT2D eigenvalue weighted by molar-refractivity contribution is -0.263. The molecule has 3 rings (SSSR count). The highest BCUT2D eigenvalue weighted by Gasteiger charge is 2.62. The van der Waals surface area contributed by atoms with Gasteiger partial charge in [-0.25, -0.2) is 9.59 Å². The zero-order chi connectivity index (χ0) is 28.5. The van der Waals surface area contributed by atoms with Gasteiger partial charge in [-0.1, -0.05) is 24.3 Å². The van der Waals surface area contributed by atoms with Gasteiger partial charge in [0.25, 0.3) is 11.2 Å². The molecule has 38 heavy (non-hydrogen) atoms. The van der Waals surface area contributed by atoms with E-state index in [4.69, 9.17) is 0 Å². The fraction of sp³-hybridized carbons (Fsp3) is 0.417. The Morgan fingerprint density at radius 2 is 1.00 bits per heavy atom. The molecule has 2 atom stereocenters. The molecule has 0 fully saturated rings. The maximum absolute atomic E-state index is 13.6. The predicted molar refractivity (Wildman–Crippen MR) is 120 cm³/mol. The molecule has 3 aromatic rings. The van der Waals surface area contributed by atoms with Crippen LogP contribution in [0.25, 0.3) is 21.8 Å². The van der Waals surface area contributed by atoms with Crippen molar-refractivity contribution in [3.8, 4) is 0 Å². The molecule has 0 aliphatic carbocycles. The number of carbonyl (C=O) groups is 2. The fourth-order valence-electron chi connectivity index (χ4n) is 3.65. The minimum absolute atomic E-state index is 0.0538. The van der Waals surface area contributed by atoms with E-state index in [0.717, 1.165) is 12.1 Å². The number of ether oxygens (including phenoxy) is 2. The van der Waals surface area contributed by atoms with E-state index < -0.39 is 61.5 Å². The van der Waals surface area contributed by atoms with Crippen LogP contribution in [0.3, 0.4) is 0 Å². The van der Waals surface area contributed by atoms with Crippen molar-refractivity contribution >= 4 is 33.7 Å². The molecule has 0 saturated carbocycles. The quantitative estimate of drug-likeness (QED) is 0.249. The first-order chi connectivity index (χ1) is 17.6. The van der Waals surface area contributed by atoms with Crippen molar-refractivity contribution in [3.05, 3.63) is 47.8 Å². The number of fused-ring (bicyclic) bond motifs is 3. The average Bonchev–Trinajstić information content (AvgIpc) is 2.82. The van der Waals surface area contributed by atoms with Gasteiger partial charge in [0.2, 0.25) is 0 Å². The average molecular weight is 548 g/mol. The molecule has 2 aromatic heterocycles. The Kier molecular flexibility index (Phi) is 7.89. The van der Waals surface area contributed by atoms with Crippen LogP contribution in [0, 0.1) is 0 Å². The Balaban J connectivity index is 2.11. The topological polar surface area (TPSA) is 119 Å². The minimum Gasteiger partial charge on any atom is -0.464 e. The molecule has 2 unspecified atom stereocenters. The summed E-state index contributed by atoms with van der Waals surface area (Å²) in [5.74, 6) is -3.84. The second kappa shape index (κ2) is 10.3. The number of hydrogen-bond donors (Lipinski definition) is 2. The van der Waals surface area contributed by atoms with E-state index in [9.17, 15) is 46.1 Å². The first-order valence-electron chi connectivity index (χ1n) is 11.2. The molecule has 1 aromatic carbocycles. The third kappa shape index (κ3) is 5.36. The Labute approximate surface area is 211 Å². The van der Waals surface area contributed by atoms with E-state index in [1.807, 2.05) is 0 Å². The van der Waals surface area contributed by atoms with E-state index in [1.54, 1.807) is 0 Å². The molecule has 0 bridgehead atoms. The summed E-state index contributed by atoms with van der Waals surface area (Å²) in [6.45, 7) is 1.69. The first-order valence-corrected chi connectivity index (χ1v) is 11.2. The van der Waals surface area contributed by atoms with Crippen LogP contribution >= 0.6 is 0 Å². The van der Waals surface area contributed by atoms with Crippen molar-refractivity contribution in [1.82, 2.24) is 9.97 Å². The number of nitrogens with zero attached hydrogens (tertiary/aromatic N) is 2. The number of alkyl halides is 6. The summed E-state index contributed by atoms with van der Waals surface area (Å²) in [7, 11) is 0. The number of carbonyl (C=O) groups excluding carboxylic acids is 2. The summed E-state index contributed by atoms with van der Waals surface area (Å²) in [4.78, 5) is 32.1. The van der Waals surface area contributed by atoms with Gasteiger partial charge < -0.3 is 19.7 Å². The van der Waals surface area contributed by atoms with Crippen LogP contribution < -0.4 is 0 Å². The Hall–Kier alpha value is -3.52. The van der Waals surface area contributed by atoms with Crippen LogP contribution in [-0.4, -0.2) is 68.9 Å². The van der Waals surface area contributed by atoms with Crippen LogP contribution in [0.2, 0.25) is 0 Å². The standard InChI is InChI=1S/C24H22F6N2O6/c1-3-37-19(33)21(35,23(25,26)27)11-15-9-7-13-5-6-14-8-10-16(32-18(14)17(13)31-15)12-22(36,24(28,29)30)20(34)38-4-2/h5-10,35-36H,3-4,11-12H2,1-2H3. The van der Waals surface area contributed by atoms with Gasteiger partial charge in [0, 0.05) is 35.0 Å². The fourth-order valence-corrected chi connectivity index (χ4v) is 3.65. The Bertz CT molecular complexity index is 1260. The van der Waals surface area contributed by atoms with E-state index in [0.29, 0.717) is 10.8 Å². The molecule has 0 amide bonds. The van der Waals surface area contributed by atoms with Gasteiger partial charge in [-0.05, 0) is 26.0 Å². The summed E-state index contributed by atoms with van der Waals surface area (Å²) in [5, 5.41) is 21.0. The number of rotatable bonds is 8. The van der Waals surface area contributed by atoms with Crippen LogP contribution in [0.15, 0.2) is 36.4 Å². The lowest BCUT2D eigenvalue weighted by Gasteiger charge is -2.28. The molecule has 206 valence electrons. The third-order valence-electron chi connectivity index (χ3n) is 5.67. The maximum atomic E-state index is 13.6. The van der Waals surface area contributed by atoms with Crippen molar-refractivity contribution < 1.29 is 55.6 Å². The molecular weight excluding hydrogens is 526 g/mol. The molecular formula is C24H22F6N2O6. The molecule has 0 aliphatic heterocycles. The van der Waals surface area contributed by atoms with Gasteiger partial charge in [-0.3, -0.25) is 9.97 Å². The van der Waals surface area contributed by atoms with E-state index in [2.05, 4.69) is 19.4 Å². The van der Waals surface area contributed by atoms with Crippen molar-refractivity contribution in [2.75, 3.05) is 13.2 Å². The third-order valence-corrected chi connectivity index (χ3v) is 5.67. The summed E-state index contributed by atoms with van der Waals surface area (Å²) < 4.78 is 90.5. The van der Waals surface area contributed by atoms with Crippen LogP contribution in [0.4, 0.5) is 26.3 Å². The number of aromatic nitrogens is 2. The molecule has 0 aliphatic rings. The van der Waals surface area contributed by atoms with Gasteiger partial charge >= 0.3 is 24.3 Å². The zero-order valence-corrected chi connectivity index (χ0v) is 20.0. The maximum Gasteiger partial charge on any atom is 0.428 e. The number of benzene rings is 1. The highest BCUT2D eigenvalue weighted by molar-refractivity contribution is 6.02. The van der Waals surface area contributed by atoms with Gasteiger partial charge in [0.15, 0.2) is 0 Å². The van der Waals surface area contributed by atoms with Crippen LogP contribution in [0.5, 0.6) is 0 Å². The molecule has 8 nitrogen and oxygen atoms in total. The van der Waals surface area contributed by atoms with Gasteiger partial charge in [0.1, 0.15) is 0 Å². The van der Waals surface area contributed by atoms with Crippen LogP contribution in [0.1, 0.15) is 25.2 Å². The van der Waals surface area contributed by atoms with E-state index in [-0.39, 0.29) is 22.4 Å². The van der Waals surface area contributed by atoms with Gasteiger partial charge in [-0.2, -0.15) is 26.3 Å². The lowest BCUT2D eigenvalue weighted by atomic mass is 9.95. The van der Waals surface area contributed by atoms with Gasteiger partial charge in [0.05, 0.1) is 24.2 Å². The lowest BCUT2D eigenvalue weighted by Crippen LogP contribution is -2.54. The minimum atomic E-state index is -5.41. The number of esters is 2. The summed E-state index contributed by atoms with van der Waals surface area (Å²) in [6.07, 6.45) is -13.4. The Morgan fingerprint density at radius 1 is 0.684 bits per heavy atom. The zero-order valence-electron chi connectivity index (χ0n) is 20.0. The molecule has 0 saturated heterocycles. The summed E-state index contributed by atoms with van der Waals surface area (Å²) >= 11 is 0. The predicted octanol–water partition coefficient (Wildman–Crippen LogP) is 3.58. The van der Waals surface area contributed by atoms with E-state index >= 15 is 0 Å². The number of pyridine rings is 2. The molecule has 0 spiro atoms. The van der Waals surface area contributed by atoms with Crippen LogP contribution in [-0.2, 0) is 31.9 Å². The first kappa shape index (κ1) is 29.0. The second-order valence-electron chi connectivity index (χ2n) is 8.32. The highest BCUT2D eigenvalue weighted by Crippen LogP contribution is 2.36. The molecule has 2 heterocycles. The number of aliphatic hydroxyl groups is 2. The van der Waals surface area contributed by atoms with Crippen molar-refractivity contribution in [3.63, 3.8) is 0 Å². The number of halogens is 6. The number of hydrogen-bond acceptors (Lipinski definition) is 8. The monoisotopic (exact) mass is 548 g/mol. The summed E-state index contributed by atoms with van der Waals surface area (Å²) in [5.41, 5.74) is -8.69. The molecule has 0 radical (unpaired) electrons. The smallest absolute Gasteiger partial charge is 0.428 e. The normalized spacial score (nSPS) is 15.6. The van der Waals surface area contributed by atoms with E-state index in [1.165, 1.54) is 38.1 Å².